The standard InChI is InChI=1S/C9H8BF3O3/c10-6-2-1-5(8(14)15)3-7(6)16-4-9(11,12)13/h1-3H,4,10H2,(H,14,15). The molecule has 0 bridgehead atoms. The summed E-state index contributed by atoms with van der Waals surface area (Å²) in [7, 11) is 1.54. The van der Waals surface area contributed by atoms with E-state index in [2.05, 4.69) is 4.74 Å². The van der Waals surface area contributed by atoms with Crippen molar-refractivity contribution >= 4 is 19.3 Å². The molecule has 0 heterocycles. The van der Waals surface area contributed by atoms with Crippen molar-refractivity contribution in [3.8, 4) is 5.75 Å². The number of aromatic carboxylic acids is 1. The van der Waals surface area contributed by atoms with Crippen LogP contribution in [0.3, 0.4) is 0 Å². The lowest BCUT2D eigenvalue weighted by Crippen LogP contribution is -2.22. The molecule has 1 N–H and O–H groups in total. The summed E-state index contributed by atoms with van der Waals surface area (Å²) in [4.78, 5) is 10.6. The van der Waals surface area contributed by atoms with Gasteiger partial charge < -0.3 is 9.84 Å². The van der Waals surface area contributed by atoms with Gasteiger partial charge in [0.1, 0.15) is 13.6 Å². The smallest absolute Gasteiger partial charge is 0.422 e. The van der Waals surface area contributed by atoms with Crippen molar-refractivity contribution in [2.45, 2.75) is 6.18 Å². The lowest BCUT2D eigenvalue weighted by Gasteiger charge is -2.11. The first-order chi connectivity index (χ1) is 7.29. The predicted octanol–water partition coefficient (Wildman–Crippen LogP) is 0.584. The highest BCUT2D eigenvalue weighted by Gasteiger charge is 2.28. The first kappa shape index (κ1) is 12.4. The van der Waals surface area contributed by atoms with Gasteiger partial charge in [-0.1, -0.05) is 6.07 Å². The Kier molecular flexibility index (Phi) is 3.46. The zero-order chi connectivity index (χ0) is 12.3. The number of alkyl halides is 3. The SMILES string of the molecule is Bc1ccc(C(=O)O)cc1OCC(F)(F)F. The van der Waals surface area contributed by atoms with Crippen LogP contribution >= 0.6 is 0 Å². The van der Waals surface area contributed by atoms with Gasteiger partial charge in [-0.05, 0) is 17.6 Å². The maximum Gasteiger partial charge on any atom is 0.422 e. The third-order valence-electron chi connectivity index (χ3n) is 1.83. The van der Waals surface area contributed by atoms with E-state index in [1.54, 1.807) is 0 Å². The fraction of sp³-hybridized carbons (Fsp3) is 0.222. The van der Waals surface area contributed by atoms with E-state index in [4.69, 9.17) is 5.11 Å². The quantitative estimate of drug-likeness (QED) is 0.775. The van der Waals surface area contributed by atoms with E-state index in [1.807, 2.05) is 0 Å². The largest absolute Gasteiger partial charge is 0.485 e. The number of hydrogen-bond acceptors (Lipinski definition) is 2. The van der Waals surface area contributed by atoms with Gasteiger partial charge in [-0.25, -0.2) is 4.79 Å². The van der Waals surface area contributed by atoms with E-state index in [0.29, 0.717) is 5.46 Å². The maximum atomic E-state index is 11.9. The van der Waals surface area contributed by atoms with Gasteiger partial charge in [-0.2, -0.15) is 13.2 Å². The highest BCUT2D eigenvalue weighted by Crippen LogP contribution is 2.17. The van der Waals surface area contributed by atoms with Crippen LogP contribution in [0, 0.1) is 0 Å². The van der Waals surface area contributed by atoms with Gasteiger partial charge in [-0.3, -0.25) is 0 Å². The molecule has 1 aromatic carbocycles. The van der Waals surface area contributed by atoms with Gasteiger partial charge in [0.2, 0.25) is 0 Å². The molecule has 7 heteroatoms. The maximum absolute atomic E-state index is 11.9. The van der Waals surface area contributed by atoms with Gasteiger partial charge in [-0.15, -0.1) is 0 Å². The third kappa shape index (κ3) is 3.49. The number of benzene rings is 1. The van der Waals surface area contributed by atoms with E-state index in [1.165, 1.54) is 20.0 Å². The zero-order valence-electron chi connectivity index (χ0n) is 8.34. The molecule has 0 fully saturated rings. The summed E-state index contributed by atoms with van der Waals surface area (Å²) in [6.07, 6.45) is -4.44. The normalized spacial score (nSPS) is 11.2. The van der Waals surface area contributed by atoms with Crippen LogP contribution in [0.5, 0.6) is 5.75 Å². The lowest BCUT2D eigenvalue weighted by atomic mass is 9.94. The average molecular weight is 232 g/mol. The fourth-order valence-corrected chi connectivity index (χ4v) is 1.05. The minimum atomic E-state index is -4.44. The Morgan fingerprint density at radius 2 is 2.06 bits per heavy atom. The molecule has 1 aromatic rings. The molecule has 0 aromatic heterocycles. The van der Waals surface area contributed by atoms with Crippen LogP contribution in [-0.4, -0.2) is 31.7 Å². The van der Waals surface area contributed by atoms with Crippen LogP contribution in [0.25, 0.3) is 0 Å². The topological polar surface area (TPSA) is 46.5 Å². The van der Waals surface area contributed by atoms with Crippen LogP contribution in [0.4, 0.5) is 13.2 Å². The van der Waals surface area contributed by atoms with Crippen LogP contribution in [0.2, 0.25) is 0 Å². The zero-order valence-corrected chi connectivity index (χ0v) is 8.34. The molecule has 0 aliphatic carbocycles. The lowest BCUT2D eigenvalue weighted by molar-refractivity contribution is -0.153. The van der Waals surface area contributed by atoms with Crippen molar-refractivity contribution in [3.05, 3.63) is 23.8 Å². The molecule has 0 unspecified atom stereocenters. The number of carboxylic acids is 1. The second-order valence-corrected chi connectivity index (χ2v) is 3.19. The van der Waals surface area contributed by atoms with Crippen molar-refractivity contribution in [2.75, 3.05) is 6.61 Å². The Balaban J connectivity index is 2.86. The van der Waals surface area contributed by atoms with Crippen LogP contribution in [0.15, 0.2) is 18.2 Å². The van der Waals surface area contributed by atoms with Crippen molar-refractivity contribution < 1.29 is 27.8 Å². The first-order valence-electron chi connectivity index (χ1n) is 4.33. The molecule has 0 aliphatic rings. The van der Waals surface area contributed by atoms with E-state index >= 15 is 0 Å². The number of hydrogen-bond donors (Lipinski definition) is 1. The molecule has 3 nitrogen and oxygen atoms in total. The molecule has 16 heavy (non-hydrogen) atoms. The van der Waals surface area contributed by atoms with Gasteiger partial charge >= 0.3 is 12.1 Å². The number of carbonyl (C=O) groups is 1. The van der Waals surface area contributed by atoms with E-state index in [-0.39, 0.29) is 11.3 Å². The highest BCUT2D eigenvalue weighted by atomic mass is 19.4. The van der Waals surface area contributed by atoms with Crippen LogP contribution < -0.4 is 10.2 Å². The number of rotatable bonds is 3. The summed E-state index contributed by atoms with van der Waals surface area (Å²) >= 11 is 0. The van der Waals surface area contributed by atoms with E-state index in [9.17, 15) is 18.0 Å². The third-order valence-corrected chi connectivity index (χ3v) is 1.83. The molecule has 1 rings (SSSR count). The molecule has 0 spiro atoms. The Morgan fingerprint density at radius 1 is 1.44 bits per heavy atom. The average Bonchev–Trinajstić information content (AvgIpc) is 2.14. The fourth-order valence-electron chi connectivity index (χ4n) is 1.05. The molecule has 0 amide bonds. The molecular formula is C9H8BF3O3. The van der Waals surface area contributed by atoms with Gasteiger partial charge in [0.15, 0.2) is 6.61 Å². The summed E-state index contributed by atoms with van der Waals surface area (Å²) in [5, 5.41) is 8.65. The monoisotopic (exact) mass is 232 g/mol. The summed E-state index contributed by atoms with van der Waals surface area (Å²) in [6, 6.07) is 3.77. The van der Waals surface area contributed by atoms with Crippen LogP contribution in [-0.2, 0) is 0 Å². The molecule has 0 saturated carbocycles. The Labute approximate surface area is 90.2 Å². The predicted molar refractivity (Wildman–Crippen MR) is 53.1 cm³/mol. The minimum Gasteiger partial charge on any atom is -0.485 e. The second kappa shape index (κ2) is 4.46. The molecule has 0 saturated heterocycles. The Bertz CT molecular complexity index is 403. The number of ether oxygens (including phenoxy) is 1. The molecule has 86 valence electrons. The van der Waals surface area contributed by atoms with Gasteiger partial charge in [0, 0.05) is 0 Å². The minimum absolute atomic E-state index is 0.0720. The number of carboxylic acid groups (broad SMARTS) is 1. The highest BCUT2D eigenvalue weighted by molar-refractivity contribution is 6.34. The molecule has 0 atom stereocenters. The Hall–Kier alpha value is -1.66. The van der Waals surface area contributed by atoms with Crippen molar-refractivity contribution in [2.24, 2.45) is 0 Å². The van der Waals surface area contributed by atoms with Gasteiger partial charge in [0.05, 0.1) is 5.56 Å². The molecule has 0 aliphatic heterocycles. The van der Waals surface area contributed by atoms with E-state index in [0.717, 1.165) is 6.07 Å². The van der Waals surface area contributed by atoms with Crippen molar-refractivity contribution in [3.63, 3.8) is 0 Å². The summed E-state index contributed by atoms with van der Waals surface area (Å²) in [5.74, 6) is -1.28. The van der Waals surface area contributed by atoms with E-state index < -0.39 is 18.8 Å². The summed E-state index contributed by atoms with van der Waals surface area (Å²) in [5.41, 5.74) is 0.344. The molecular weight excluding hydrogens is 224 g/mol. The Morgan fingerprint density at radius 3 is 2.56 bits per heavy atom. The molecule has 0 radical (unpaired) electrons. The summed E-state index contributed by atoms with van der Waals surface area (Å²) < 4.78 is 40.2. The van der Waals surface area contributed by atoms with Crippen molar-refractivity contribution in [1.82, 2.24) is 0 Å². The van der Waals surface area contributed by atoms with Gasteiger partial charge in [0.25, 0.3) is 0 Å². The second-order valence-electron chi connectivity index (χ2n) is 3.19. The van der Waals surface area contributed by atoms with Crippen LogP contribution in [0.1, 0.15) is 10.4 Å². The van der Waals surface area contributed by atoms with Crippen molar-refractivity contribution in [1.29, 1.82) is 0 Å². The number of halogens is 3. The first-order valence-corrected chi connectivity index (χ1v) is 4.33. The summed E-state index contributed by atoms with van der Waals surface area (Å²) in [6.45, 7) is -1.43.